The average Bonchev–Trinajstić information content (AvgIpc) is 2.36. The van der Waals surface area contributed by atoms with Crippen molar-refractivity contribution in [2.24, 2.45) is 0 Å². The van der Waals surface area contributed by atoms with Gasteiger partial charge in [-0.3, -0.25) is 9.59 Å². The fourth-order valence-corrected chi connectivity index (χ4v) is 2.23. The fourth-order valence-electron chi connectivity index (χ4n) is 2.23. The van der Waals surface area contributed by atoms with Crippen molar-refractivity contribution in [2.45, 2.75) is 39.2 Å². The van der Waals surface area contributed by atoms with Crippen LogP contribution in [0, 0.1) is 0 Å². The minimum atomic E-state index is -0.135. The lowest BCUT2D eigenvalue weighted by molar-refractivity contribution is -0.123. The van der Waals surface area contributed by atoms with E-state index in [9.17, 15) is 9.59 Å². The number of ether oxygens (including phenoxy) is 1. The molecule has 1 aromatic rings. The number of nitrogens with one attached hydrogen (secondary N) is 1. The Bertz CT molecular complexity index is 494. The van der Waals surface area contributed by atoms with Crippen LogP contribution in [0.5, 0.6) is 5.75 Å². The van der Waals surface area contributed by atoms with Crippen LogP contribution in [0.1, 0.15) is 42.6 Å². The zero-order valence-corrected chi connectivity index (χ0v) is 11.4. The second-order valence-electron chi connectivity index (χ2n) is 5.11. The number of rotatable bonds is 4. The number of hydrogen-bond acceptors (Lipinski definition) is 3. The molecule has 0 heterocycles. The molecular formula is C15H19NO3. The highest BCUT2D eigenvalue weighted by Gasteiger charge is 2.17. The summed E-state index contributed by atoms with van der Waals surface area (Å²) < 4.78 is 5.45. The molecule has 4 nitrogen and oxygen atoms in total. The summed E-state index contributed by atoms with van der Waals surface area (Å²) >= 11 is 0. The van der Waals surface area contributed by atoms with Crippen LogP contribution in [0.3, 0.4) is 0 Å². The number of benzene rings is 1. The number of ketones is 1. The van der Waals surface area contributed by atoms with E-state index in [-0.39, 0.29) is 24.3 Å². The summed E-state index contributed by atoms with van der Waals surface area (Å²) in [7, 11) is 0. The molecule has 0 unspecified atom stereocenters. The van der Waals surface area contributed by atoms with Gasteiger partial charge >= 0.3 is 0 Å². The third-order valence-corrected chi connectivity index (χ3v) is 3.05. The molecule has 4 heteroatoms. The van der Waals surface area contributed by atoms with E-state index >= 15 is 0 Å². The van der Waals surface area contributed by atoms with Gasteiger partial charge in [0.2, 0.25) is 0 Å². The number of fused-ring (bicyclic) bond motifs is 1. The molecule has 1 amide bonds. The van der Waals surface area contributed by atoms with Gasteiger partial charge in [-0.25, -0.2) is 0 Å². The van der Waals surface area contributed by atoms with Crippen molar-refractivity contribution in [3.8, 4) is 5.75 Å². The first-order chi connectivity index (χ1) is 9.06. The number of Topliss-reactive ketones (excluding diaryl/α,β-unsaturated/α-hetero) is 1. The van der Waals surface area contributed by atoms with E-state index in [1.807, 2.05) is 19.9 Å². The summed E-state index contributed by atoms with van der Waals surface area (Å²) in [4.78, 5) is 23.2. The van der Waals surface area contributed by atoms with Crippen LogP contribution in [-0.4, -0.2) is 24.3 Å². The van der Waals surface area contributed by atoms with E-state index in [0.717, 1.165) is 24.0 Å². The maximum atomic E-state index is 11.7. The molecule has 0 atom stereocenters. The molecule has 0 saturated carbocycles. The van der Waals surface area contributed by atoms with Gasteiger partial charge in [-0.15, -0.1) is 0 Å². The largest absolute Gasteiger partial charge is 0.484 e. The molecule has 2 rings (SSSR count). The zero-order valence-electron chi connectivity index (χ0n) is 11.4. The first-order valence-electron chi connectivity index (χ1n) is 6.64. The molecule has 0 radical (unpaired) electrons. The Kier molecular flexibility index (Phi) is 4.20. The highest BCUT2D eigenvalue weighted by molar-refractivity contribution is 5.98. The minimum absolute atomic E-state index is 0.00487. The summed E-state index contributed by atoms with van der Waals surface area (Å²) in [6.45, 7) is 3.82. The molecule has 0 fully saturated rings. The second-order valence-corrected chi connectivity index (χ2v) is 5.11. The summed E-state index contributed by atoms with van der Waals surface area (Å²) in [6.07, 6.45) is 2.42. The van der Waals surface area contributed by atoms with Crippen molar-refractivity contribution in [3.05, 3.63) is 29.3 Å². The van der Waals surface area contributed by atoms with Crippen LogP contribution in [0.4, 0.5) is 0 Å². The number of amides is 1. The predicted molar refractivity (Wildman–Crippen MR) is 72.5 cm³/mol. The molecule has 0 spiro atoms. The van der Waals surface area contributed by atoms with E-state index in [1.54, 1.807) is 12.1 Å². The van der Waals surface area contributed by atoms with Gasteiger partial charge in [0.25, 0.3) is 5.91 Å². The molecule has 102 valence electrons. The van der Waals surface area contributed by atoms with Gasteiger partial charge in [0.05, 0.1) is 0 Å². The van der Waals surface area contributed by atoms with E-state index in [2.05, 4.69) is 5.32 Å². The number of carbonyl (C=O) groups excluding carboxylic acids is 2. The Labute approximate surface area is 113 Å². The van der Waals surface area contributed by atoms with E-state index < -0.39 is 0 Å². The molecule has 0 saturated heterocycles. The topological polar surface area (TPSA) is 55.4 Å². The lowest BCUT2D eigenvalue weighted by Crippen LogP contribution is -2.34. The molecular weight excluding hydrogens is 242 g/mol. The number of hydrogen-bond donors (Lipinski definition) is 1. The quantitative estimate of drug-likeness (QED) is 0.903. The summed E-state index contributed by atoms with van der Waals surface area (Å²) in [5, 5.41) is 2.76. The van der Waals surface area contributed by atoms with Gasteiger partial charge < -0.3 is 10.1 Å². The number of carbonyl (C=O) groups is 2. The van der Waals surface area contributed by atoms with Gasteiger partial charge in [0.1, 0.15) is 5.75 Å². The smallest absolute Gasteiger partial charge is 0.258 e. The SMILES string of the molecule is CC(C)NC(=O)COc1ccc2c(c1)CCCC2=O. The van der Waals surface area contributed by atoms with Crippen molar-refractivity contribution in [1.82, 2.24) is 5.32 Å². The first-order valence-corrected chi connectivity index (χ1v) is 6.64. The Morgan fingerprint density at radius 1 is 1.37 bits per heavy atom. The molecule has 1 aliphatic rings. The first kappa shape index (κ1) is 13.6. The van der Waals surface area contributed by atoms with Crippen molar-refractivity contribution in [3.63, 3.8) is 0 Å². The minimum Gasteiger partial charge on any atom is -0.484 e. The van der Waals surface area contributed by atoms with E-state index in [4.69, 9.17) is 4.74 Å². The van der Waals surface area contributed by atoms with Gasteiger partial charge in [-0.1, -0.05) is 0 Å². The van der Waals surface area contributed by atoms with E-state index in [1.165, 1.54) is 0 Å². The van der Waals surface area contributed by atoms with Crippen LogP contribution in [0.2, 0.25) is 0 Å². The average molecular weight is 261 g/mol. The standard InChI is InChI=1S/C15H19NO3/c1-10(2)16-15(18)9-19-12-6-7-13-11(8-12)4-3-5-14(13)17/h6-8,10H,3-5,9H2,1-2H3,(H,16,18). The predicted octanol–water partition coefficient (Wildman–Crippen LogP) is 2.11. The molecule has 1 aliphatic carbocycles. The van der Waals surface area contributed by atoms with Crippen LogP contribution in [0.25, 0.3) is 0 Å². The van der Waals surface area contributed by atoms with Crippen molar-refractivity contribution in [1.29, 1.82) is 0 Å². The number of aryl methyl sites for hydroxylation is 1. The third kappa shape index (κ3) is 3.56. The Balaban J connectivity index is 1.99. The fraction of sp³-hybridized carbons (Fsp3) is 0.467. The summed E-state index contributed by atoms with van der Waals surface area (Å²) in [5.41, 5.74) is 1.82. The Hall–Kier alpha value is -1.84. The molecule has 19 heavy (non-hydrogen) atoms. The highest BCUT2D eigenvalue weighted by Crippen LogP contribution is 2.25. The normalized spacial score (nSPS) is 14.2. The zero-order chi connectivity index (χ0) is 13.8. The molecule has 0 bridgehead atoms. The maximum Gasteiger partial charge on any atom is 0.258 e. The van der Waals surface area contributed by atoms with E-state index in [0.29, 0.717) is 12.2 Å². The molecule has 1 N–H and O–H groups in total. The summed E-state index contributed by atoms with van der Waals surface area (Å²) in [6, 6.07) is 5.53. The lowest BCUT2D eigenvalue weighted by Gasteiger charge is -2.16. The van der Waals surface area contributed by atoms with Crippen LogP contribution >= 0.6 is 0 Å². The maximum absolute atomic E-state index is 11.7. The highest BCUT2D eigenvalue weighted by atomic mass is 16.5. The van der Waals surface area contributed by atoms with Gasteiger partial charge in [-0.2, -0.15) is 0 Å². The Morgan fingerprint density at radius 2 is 2.16 bits per heavy atom. The second kappa shape index (κ2) is 5.87. The van der Waals surface area contributed by atoms with Crippen LogP contribution in [-0.2, 0) is 11.2 Å². The molecule has 0 aliphatic heterocycles. The monoisotopic (exact) mass is 261 g/mol. The molecule has 1 aromatic carbocycles. The third-order valence-electron chi connectivity index (χ3n) is 3.05. The van der Waals surface area contributed by atoms with Crippen LogP contribution < -0.4 is 10.1 Å². The van der Waals surface area contributed by atoms with Crippen LogP contribution in [0.15, 0.2) is 18.2 Å². The molecule has 0 aromatic heterocycles. The van der Waals surface area contributed by atoms with Gasteiger partial charge in [0, 0.05) is 18.0 Å². The van der Waals surface area contributed by atoms with Gasteiger partial charge in [0.15, 0.2) is 12.4 Å². The van der Waals surface area contributed by atoms with Crippen molar-refractivity contribution >= 4 is 11.7 Å². The Morgan fingerprint density at radius 3 is 2.89 bits per heavy atom. The van der Waals surface area contributed by atoms with Crippen molar-refractivity contribution in [2.75, 3.05) is 6.61 Å². The van der Waals surface area contributed by atoms with Gasteiger partial charge in [-0.05, 0) is 50.5 Å². The summed E-state index contributed by atoms with van der Waals surface area (Å²) in [5.74, 6) is 0.710. The van der Waals surface area contributed by atoms with Crippen molar-refractivity contribution < 1.29 is 14.3 Å². The lowest BCUT2D eigenvalue weighted by atomic mass is 9.91.